The molecule has 0 unspecified atom stereocenters. The fourth-order valence-electron chi connectivity index (χ4n) is 1.70. The number of carbonyl (C=O) groups excluding carboxylic acids is 1. The van der Waals surface area contributed by atoms with Crippen molar-refractivity contribution in [3.63, 3.8) is 0 Å². The Morgan fingerprint density at radius 2 is 1.96 bits per heavy atom. The number of rotatable bonds is 6. The lowest BCUT2D eigenvalue weighted by molar-refractivity contribution is 0.0955. The molecule has 0 radical (unpaired) electrons. The maximum atomic E-state index is 12.0. The third kappa shape index (κ3) is 4.84. The molecule has 2 rings (SSSR count). The van der Waals surface area contributed by atoms with Gasteiger partial charge in [-0.2, -0.15) is 5.10 Å². The van der Waals surface area contributed by atoms with Crippen LogP contribution in [0.3, 0.4) is 0 Å². The van der Waals surface area contributed by atoms with Crippen LogP contribution >= 0.6 is 23.2 Å². The van der Waals surface area contributed by atoms with Crippen molar-refractivity contribution in [2.75, 3.05) is 6.61 Å². The fraction of sp³-hybridized carbons (Fsp3) is 0.0588. The summed E-state index contributed by atoms with van der Waals surface area (Å²) in [6.07, 6.45) is 3.09. The van der Waals surface area contributed by atoms with Crippen LogP contribution in [0.15, 0.2) is 60.2 Å². The highest BCUT2D eigenvalue weighted by Crippen LogP contribution is 2.24. The minimum atomic E-state index is -0.338. The second kappa shape index (κ2) is 8.36. The number of nitrogens with zero attached hydrogens (tertiary/aromatic N) is 1. The van der Waals surface area contributed by atoms with Crippen LogP contribution in [0.1, 0.15) is 15.9 Å². The normalized spacial score (nSPS) is 10.5. The van der Waals surface area contributed by atoms with E-state index >= 15 is 0 Å². The number of benzene rings is 2. The van der Waals surface area contributed by atoms with Crippen molar-refractivity contribution in [1.29, 1.82) is 0 Å². The fourth-order valence-corrected chi connectivity index (χ4v) is 2.06. The molecule has 0 bridgehead atoms. The summed E-state index contributed by atoms with van der Waals surface area (Å²) < 4.78 is 5.35. The molecule has 4 nitrogen and oxygen atoms in total. The van der Waals surface area contributed by atoms with Gasteiger partial charge in [0.15, 0.2) is 0 Å². The Hall–Kier alpha value is -2.30. The van der Waals surface area contributed by atoms with Gasteiger partial charge in [-0.05, 0) is 30.3 Å². The molecule has 2 aromatic rings. The highest BCUT2D eigenvalue weighted by Gasteiger charge is 2.05. The van der Waals surface area contributed by atoms with Crippen LogP contribution in [-0.4, -0.2) is 18.7 Å². The van der Waals surface area contributed by atoms with Crippen LogP contribution in [0.25, 0.3) is 0 Å². The monoisotopic (exact) mass is 348 g/mol. The Kier molecular flexibility index (Phi) is 6.20. The van der Waals surface area contributed by atoms with Crippen molar-refractivity contribution >= 4 is 35.3 Å². The molecular weight excluding hydrogens is 335 g/mol. The van der Waals surface area contributed by atoms with Crippen molar-refractivity contribution in [1.82, 2.24) is 5.43 Å². The molecule has 0 aliphatic rings. The highest BCUT2D eigenvalue weighted by molar-refractivity contribution is 6.43. The van der Waals surface area contributed by atoms with Gasteiger partial charge in [-0.15, -0.1) is 0 Å². The molecule has 0 fully saturated rings. The summed E-state index contributed by atoms with van der Waals surface area (Å²) in [5.74, 6) is 0.324. The zero-order valence-electron chi connectivity index (χ0n) is 12.1. The highest BCUT2D eigenvalue weighted by atomic mass is 35.5. The third-order valence-corrected chi connectivity index (χ3v) is 3.67. The number of nitrogens with one attached hydrogen (secondary N) is 1. The lowest BCUT2D eigenvalue weighted by atomic mass is 10.2. The first-order chi connectivity index (χ1) is 11.1. The predicted octanol–water partition coefficient (Wildman–Crippen LogP) is 4.32. The smallest absolute Gasteiger partial charge is 0.271 e. The van der Waals surface area contributed by atoms with Crippen molar-refractivity contribution in [3.05, 3.63) is 76.3 Å². The first-order valence-electron chi connectivity index (χ1n) is 6.73. The van der Waals surface area contributed by atoms with E-state index < -0.39 is 0 Å². The summed E-state index contributed by atoms with van der Waals surface area (Å²) in [6.45, 7) is 3.98. The quantitative estimate of drug-likeness (QED) is 0.480. The van der Waals surface area contributed by atoms with E-state index in [9.17, 15) is 4.79 Å². The minimum absolute atomic E-state index is 0.338. The average Bonchev–Trinajstić information content (AvgIpc) is 2.57. The molecule has 23 heavy (non-hydrogen) atoms. The van der Waals surface area contributed by atoms with E-state index in [0.29, 0.717) is 33.5 Å². The first kappa shape index (κ1) is 17.1. The number of ether oxygens (including phenoxy) is 1. The molecule has 118 valence electrons. The molecule has 0 aliphatic carbocycles. The van der Waals surface area contributed by atoms with Crippen LogP contribution in [0.2, 0.25) is 10.0 Å². The zero-order chi connectivity index (χ0) is 16.7. The van der Waals surface area contributed by atoms with Gasteiger partial charge in [0.25, 0.3) is 5.91 Å². The van der Waals surface area contributed by atoms with Crippen LogP contribution in [0.4, 0.5) is 0 Å². The van der Waals surface area contributed by atoms with Gasteiger partial charge in [-0.3, -0.25) is 4.79 Å². The maximum absolute atomic E-state index is 12.0. The molecule has 0 saturated carbocycles. The van der Waals surface area contributed by atoms with Crippen molar-refractivity contribution in [3.8, 4) is 5.75 Å². The average molecular weight is 349 g/mol. The van der Waals surface area contributed by atoms with E-state index in [0.717, 1.165) is 0 Å². The molecule has 1 amide bonds. The summed E-state index contributed by atoms with van der Waals surface area (Å²) in [4.78, 5) is 12.0. The SMILES string of the molecule is C=CCOc1ccc(C(=O)NN=Cc2cccc(Cl)c2Cl)cc1. The van der Waals surface area contributed by atoms with Gasteiger partial charge in [-0.1, -0.05) is 48.0 Å². The standard InChI is InChI=1S/C17H14Cl2N2O2/c1-2-10-23-14-8-6-12(7-9-14)17(22)21-20-11-13-4-3-5-15(18)16(13)19/h2-9,11H,1,10H2,(H,21,22). The van der Waals surface area contributed by atoms with Crippen LogP contribution in [-0.2, 0) is 0 Å². The molecule has 0 aliphatic heterocycles. The summed E-state index contributed by atoms with van der Waals surface area (Å²) in [7, 11) is 0. The molecule has 0 spiro atoms. The van der Waals surface area contributed by atoms with Crippen LogP contribution in [0.5, 0.6) is 5.75 Å². The largest absolute Gasteiger partial charge is 0.490 e. The number of hydrogen-bond acceptors (Lipinski definition) is 3. The molecule has 2 aromatic carbocycles. The summed E-state index contributed by atoms with van der Waals surface area (Å²) in [6, 6.07) is 11.9. The van der Waals surface area contributed by atoms with E-state index in [-0.39, 0.29) is 5.91 Å². The van der Waals surface area contributed by atoms with Crippen LogP contribution < -0.4 is 10.2 Å². The van der Waals surface area contributed by atoms with Gasteiger partial charge in [0.2, 0.25) is 0 Å². The number of hydrogen-bond donors (Lipinski definition) is 1. The molecule has 0 heterocycles. The van der Waals surface area contributed by atoms with Crippen LogP contribution in [0, 0.1) is 0 Å². The first-order valence-corrected chi connectivity index (χ1v) is 7.48. The van der Waals surface area contributed by atoms with Gasteiger partial charge in [0, 0.05) is 11.1 Å². The Labute approximate surface area is 144 Å². The topological polar surface area (TPSA) is 50.7 Å². The molecule has 0 saturated heterocycles. The summed E-state index contributed by atoms with van der Waals surface area (Å²) in [5, 5.41) is 4.69. The summed E-state index contributed by atoms with van der Waals surface area (Å²) >= 11 is 11.9. The third-order valence-electron chi connectivity index (χ3n) is 2.84. The van der Waals surface area contributed by atoms with E-state index in [2.05, 4.69) is 17.1 Å². The number of halogens is 2. The predicted molar refractivity (Wildman–Crippen MR) is 93.7 cm³/mol. The minimum Gasteiger partial charge on any atom is -0.490 e. The van der Waals surface area contributed by atoms with E-state index in [1.165, 1.54) is 6.21 Å². The number of carbonyl (C=O) groups is 1. The molecule has 6 heteroatoms. The van der Waals surface area contributed by atoms with E-state index in [4.69, 9.17) is 27.9 Å². The van der Waals surface area contributed by atoms with Crippen molar-refractivity contribution in [2.45, 2.75) is 0 Å². The molecule has 0 aromatic heterocycles. The maximum Gasteiger partial charge on any atom is 0.271 e. The lowest BCUT2D eigenvalue weighted by Crippen LogP contribution is -2.17. The van der Waals surface area contributed by atoms with E-state index in [1.54, 1.807) is 48.5 Å². The lowest BCUT2D eigenvalue weighted by Gasteiger charge is -2.04. The zero-order valence-corrected chi connectivity index (χ0v) is 13.6. The second-order valence-electron chi connectivity index (χ2n) is 4.47. The van der Waals surface area contributed by atoms with Gasteiger partial charge >= 0.3 is 0 Å². The molecule has 1 N–H and O–H groups in total. The Balaban J connectivity index is 1.97. The number of amides is 1. The van der Waals surface area contributed by atoms with E-state index in [1.807, 2.05) is 0 Å². The second-order valence-corrected chi connectivity index (χ2v) is 5.25. The van der Waals surface area contributed by atoms with Gasteiger partial charge < -0.3 is 4.74 Å². The molecule has 0 atom stereocenters. The number of hydrazone groups is 1. The van der Waals surface area contributed by atoms with Crippen molar-refractivity contribution in [2.24, 2.45) is 5.10 Å². The Morgan fingerprint density at radius 3 is 2.65 bits per heavy atom. The Bertz CT molecular complexity index is 728. The van der Waals surface area contributed by atoms with Gasteiger partial charge in [0.05, 0.1) is 16.3 Å². The Morgan fingerprint density at radius 1 is 1.22 bits per heavy atom. The van der Waals surface area contributed by atoms with Crippen molar-refractivity contribution < 1.29 is 9.53 Å². The van der Waals surface area contributed by atoms with Gasteiger partial charge in [-0.25, -0.2) is 5.43 Å². The summed E-state index contributed by atoms with van der Waals surface area (Å²) in [5.41, 5.74) is 3.51. The molecular formula is C17H14Cl2N2O2. The van der Waals surface area contributed by atoms with Gasteiger partial charge in [0.1, 0.15) is 12.4 Å².